The molecule has 1 aliphatic rings. The Morgan fingerprint density at radius 2 is 2.50 bits per heavy atom. The van der Waals surface area contributed by atoms with Crippen LogP contribution in [0.3, 0.4) is 0 Å². The minimum atomic E-state index is 0.240. The van der Waals surface area contributed by atoms with E-state index in [9.17, 15) is 0 Å². The molecule has 4 nitrogen and oxygen atoms in total. The minimum absolute atomic E-state index is 0.240. The van der Waals surface area contributed by atoms with Crippen molar-refractivity contribution >= 4 is 23.5 Å². The van der Waals surface area contributed by atoms with Gasteiger partial charge >= 0.3 is 0 Å². The van der Waals surface area contributed by atoms with Crippen LogP contribution in [0.5, 0.6) is 0 Å². The van der Waals surface area contributed by atoms with Crippen molar-refractivity contribution in [3.63, 3.8) is 0 Å². The van der Waals surface area contributed by atoms with Crippen molar-refractivity contribution in [3.8, 4) is 0 Å². The topological polar surface area (TPSA) is 51.0 Å². The van der Waals surface area contributed by atoms with Gasteiger partial charge in [0.2, 0.25) is 5.89 Å². The summed E-state index contributed by atoms with van der Waals surface area (Å²) >= 11 is 3.76. The number of nitrogens with one attached hydrogen (secondary N) is 1. The van der Waals surface area contributed by atoms with Gasteiger partial charge in [0.1, 0.15) is 0 Å². The summed E-state index contributed by atoms with van der Waals surface area (Å²) in [5, 5.41) is 8.00. The summed E-state index contributed by atoms with van der Waals surface area (Å²) in [6.45, 7) is 5.36. The van der Waals surface area contributed by atoms with Gasteiger partial charge in [-0.2, -0.15) is 28.5 Å². The molecule has 1 fully saturated rings. The maximum absolute atomic E-state index is 5.29. The predicted molar refractivity (Wildman–Crippen MR) is 68.8 cm³/mol. The molecule has 1 aliphatic heterocycles. The lowest BCUT2D eigenvalue weighted by molar-refractivity contribution is 0.339. The van der Waals surface area contributed by atoms with Crippen LogP contribution in [0.15, 0.2) is 4.52 Å². The molecule has 0 aliphatic carbocycles. The molecule has 0 radical (unpaired) electrons. The van der Waals surface area contributed by atoms with Gasteiger partial charge in [-0.3, -0.25) is 0 Å². The van der Waals surface area contributed by atoms with Gasteiger partial charge in [-0.05, 0) is 5.25 Å². The number of rotatable bonds is 4. The molecule has 6 heteroatoms. The van der Waals surface area contributed by atoms with E-state index >= 15 is 0 Å². The number of thioether (sulfide) groups is 2. The molecule has 0 aromatic carbocycles. The molecule has 1 unspecified atom stereocenters. The van der Waals surface area contributed by atoms with E-state index in [1.807, 2.05) is 23.5 Å². The molecule has 1 atom stereocenters. The van der Waals surface area contributed by atoms with Crippen LogP contribution in [0.25, 0.3) is 0 Å². The van der Waals surface area contributed by atoms with E-state index in [0.29, 0.717) is 5.25 Å². The van der Waals surface area contributed by atoms with E-state index in [-0.39, 0.29) is 6.04 Å². The zero-order valence-corrected chi connectivity index (χ0v) is 11.2. The first-order valence-electron chi connectivity index (χ1n) is 5.51. The Morgan fingerprint density at radius 3 is 3.19 bits per heavy atom. The molecule has 2 heterocycles. The maximum Gasteiger partial charge on any atom is 0.244 e. The first-order chi connectivity index (χ1) is 7.75. The summed E-state index contributed by atoms with van der Waals surface area (Å²) in [7, 11) is 0. The molecule has 90 valence electrons. The highest BCUT2D eigenvalue weighted by Gasteiger charge is 2.21. The molecular weight excluding hydrogens is 242 g/mol. The van der Waals surface area contributed by atoms with Gasteiger partial charge in [-0.15, -0.1) is 0 Å². The van der Waals surface area contributed by atoms with Crippen LogP contribution in [0, 0.1) is 0 Å². The molecule has 1 aromatic rings. The summed E-state index contributed by atoms with van der Waals surface area (Å²) < 4.78 is 5.29. The largest absolute Gasteiger partial charge is 0.338 e. The van der Waals surface area contributed by atoms with E-state index in [1.54, 1.807) is 0 Å². The van der Waals surface area contributed by atoms with E-state index < -0.39 is 0 Å². The third-order valence-electron chi connectivity index (χ3n) is 2.25. The third-order valence-corrected chi connectivity index (χ3v) is 4.40. The molecule has 1 N–H and O–H groups in total. The van der Waals surface area contributed by atoms with E-state index in [1.165, 1.54) is 5.75 Å². The molecule has 0 spiro atoms. The molecule has 0 bridgehead atoms. The Kier molecular flexibility index (Phi) is 4.55. The Hall–Kier alpha value is -0.200. The summed E-state index contributed by atoms with van der Waals surface area (Å²) in [6, 6.07) is 0.240. The van der Waals surface area contributed by atoms with Gasteiger partial charge in [0.25, 0.3) is 0 Å². The normalized spacial score (nSPS) is 21.6. The number of nitrogens with zero attached hydrogens (tertiary/aromatic N) is 2. The maximum atomic E-state index is 5.29. The lowest BCUT2D eigenvalue weighted by Crippen LogP contribution is -2.30. The highest BCUT2D eigenvalue weighted by molar-refractivity contribution is 7.99. The molecule has 1 saturated heterocycles. The van der Waals surface area contributed by atoms with Crippen molar-refractivity contribution in [2.45, 2.75) is 30.9 Å². The first-order valence-corrected chi connectivity index (χ1v) is 7.71. The molecular formula is C10H17N3OS2. The predicted octanol–water partition coefficient (Wildman–Crippen LogP) is 2.09. The van der Waals surface area contributed by atoms with Crippen LogP contribution >= 0.6 is 23.5 Å². The second-order valence-electron chi connectivity index (χ2n) is 3.99. The summed E-state index contributed by atoms with van der Waals surface area (Å²) in [4.78, 5) is 4.43. The van der Waals surface area contributed by atoms with Crippen molar-refractivity contribution in [1.29, 1.82) is 0 Å². The van der Waals surface area contributed by atoms with Gasteiger partial charge in [-0.25, -0.2) is 0 Å². The zero-order chi connectivity index (χ0) is 11.4. The van der Waals surface area contributed by atoms with E-state index in [2.05, 4.69) is 29.3 Å². The second kappa shape index (κ2) is 5.93. The van der Waals surface area contributed by atoms with Crippen LogP contribution in [0.2, 0.25) is 0 Å². The van der Waals surface area contributed by atoms with Crippen molar-refractivity contribution < 1.29 is 4.52 Å². The van der Waals surface area contributed by atoms with Crippen LogP contribution in [-0.4, -0.2) is 33.4 Å². The summed E-state index contributed by atoms with van der Waals surface area (Å²) in [6.07, 6.45) is 0. The minimum Gasteiger partial charge on any atom is -0.338 e. The second-order valence-corrected chi connectivity index (χ2v) is 6.70. The molecule has 16 heavy (non-hydrogen) atoms. The van der Waals surface area contributed by atoms with Crippen LogP contribution in [-0.2, 0) is 5.75 Å². The van der Waals surface area contributed by atoms with Gasteiger partial charge in [0.15, 0.2) is 5.82 Å². The standard InChI is InChI=1S/C10H17N3OS2/c1-7(2)16-6-9-12-10(14-13-9)8-5-15-4-3-11-8/h7-8,11H,3-6H2,1-2H3. The SMILES string of the molecule is CC(C)SCc1noc(C2CSCCN2)n1. The zero-order valence-electron chi connectivity index (χ0n) is 9.60. The summed E-state index contributed by atoms with van der Waals surface area (Å²) in [5.41, 5.74) is 0. The van der Waals surface area contributed by atoms with E-state index in [4.69, 9.17) is 4.52 Å². The Balaban J connectivity index is 1.90. The fourth-order valence-electron chi connectivity index (χ4n) is 1.43. The lowest BCUT2D eigenvalue weighted by atomic mass is 10.3. The Bertz CT molecular complexity index is 324. The van der Waals surface area contributed by atoms with Crippen molar-refractivity contribution in [2.24, 2.45) is 0 Å². The van der Waals surface area contributed by atoms with Gasteiger partial charge in [-0.1, -0.05) is 19.0 Å². The Labute approximate surface area is 104 Å². The lowest BCUT2D eigenvalue weighted by Gasteiger charge is -2.19. The quantitative estimate of drug-likeness (QED) is 0.893. The molecule has 1 aromatic heterocycles. The molecule has 0 saturated carbocycles. The molecule has 2 rings (SSSR count). The smallest absolute Gasteiger partial charge is 0.244 e. The van der Waals surface area contributed by atoms with Crippen LogP contribution < -0.4 is 5.32 Å². The average Bonchev–Trinajstić information content (AvgIpc) is 2.76. The van der Waals surface area contributed by atoms with Gasteiger partial charge in [0, 0.05) is 18.1 Å². The van der Waals surface area contributed by atoms with Gasteiger partial charge in [0.05, 0.1) is 11.8 Å². The summed E-state index contributed by atoms with van der Waals surface area (Å²) in [5.74, 6) is 4.58. The van der Waals surface area contributed by atoms with Gasteiger partial charge < -0.3 is 9.84 Å². The Morgan fingerprint density at radius 1 is 1.62 bits per heavy atom. The fraction of sp³-hybridized carbons (Fsp3) is 0.800. The molecule has 0 amide bonds. The van der Waals surface area contributed by atoms with Crippen LogP contribution in [0.4, 0.5) is 0 Å². The van der Waals surface area contributed by atoms with Crippen molar-refractivity contribution in [1.82, 2.24) is 15.5 Å². The first kappa shape index (κ1) is 12.3. The monoisotopic (exact) mass is 259 g/mol. The highest BCUT2D eigenvalue weighted by Crippen LogP contribution is 2.21. The number of aromatic nitrogens is 2. The number of hydrogen-bond acceptors (Lipinski definition) is 6. The fourth-order valence-corrected chi connectivity index (χ4v) is 2.96. The van der Waals surface area contributed by atoms with E-state index in [0.717, 1.165) is 29.8 Å². The highest BCUT2D eigenvalue weighted by atomic mass is 32.2. The van der Waals surface area contributed by atoms with Crippen molar-refractivity contribution in [3.05, 3.63) is 11.7 Å². The average molecular weight is 259 g/mol. The van der Waals surface area contributed by atoms with Crippen molar-refractivity contribution in [2.75, 3.05) is 18.1 Å². The van der Waals surface area contributed by atoms with Crippen LogP contribution in [0.1, 0.15) is 31.6 Å². The number of hydrogen-bond donors (Lipinski definition) is 1. The third kappa shape index (κ3) is 3.40.